The maximum Gasteiger partial charge on any atom is 0.0192 e. The zero-order valence-corrected chi connectivity index (χ0v) is 8.87. The van der Waals surface area contributed by atoms with Crippen molar-refractivity contribution in [3.05, 3.63) is 0 Å². The average Bonchev–Trinajstić information content (AvgIpc) is 2.17. The van der Waals surface area contributed by atoms with Crippen molar-refractivity contribution in [2.45, 2.75) is 38.8 Å². The number of hydrogen-bond acceptors (Lipinski definition) is 3. The van der Waals surface area contributed by atoms with E-state index in [4.69, 9.17) is 11.5 Å². The molecule has 3 heteroatoms. The van der Waals surface area contributed by atoms with Gasteiger partial charge in [0.05, 0.1) is 0 Å². The summed E-state index contributed by atoms with van der Waals surface area (Å²) in [6.07, 6.45) is 2.44. The molecule has 1 rings (SSSR count). The Morgan fingerprint density at radius 2 is 1.85 bits per heavy atom. The second-order valence-corrected chi connectivity index (χ2v) is 4.37. The van der Waals surface area contributed by atoms with Crippen LogP contribution in [0.25, 0.3) is 0 Å². The molecular formula is C10H23N3. The molecule has 0 aromatic carbocycles. The van der Waals surface area contributed by atoms with Crippen molar-refractivity contribution in [3.63, 3.8) is 0 Å². The van der Waals surface area contributed by atoms with Gasteiger partial charge in [0.2, 0.25) is 0 Å². The van der Waals surface area contributed by atoms with E-state index in [1.165, 1.54) is 25.9 Å². The minimum absolute atomic E-state index is 0.217. The SMILES string of the molecule is CC(C)N1CCC(C(N)CN)CC1. The normalized spacial score (nSPS) is 23.8. The summed E-state index contributed by atoms with van der Waals surface area (Å²) in [7, 11) is 0. The highest BCUT2D eigenvalue weighted by atomic mass is 15.1. The fourth-order valence-corrected chi connectivity index (χ4v) is 2.06. The number of nitrogens with two attached hydrogens (primary N) is 2. The van der Waals surface area contributed by atoms with E-state index >= 15 is 0 Å². The van der Waals surface area contributed by atoms with Crippen molar-refractivity contribution in [1.82, 2.24) is 4.90 Å². The fourth-order valence-electron chi connectivity index (χ4n) is 2.06. The monoisotopic (exact) mass is 185 g/mol. The highest BCUT2D eigenvalue weighted by Gasteiger charge is 2.24. The van der Waals surface area contributed by atoms with Gasteiger partial charge in [-0.15, -0.1) is 0 Å². The molecule has 0 aliphatic carbocycles. The molecular weight excluding hydrogens is 162 g/mol. The van der Waals surface area contributed by atoms with E-state index in [-0.39, 0.29) is 6.04 Å². The van der Waals surface area contributed by atoms with Gasteiger partial charge in [-0.2, -0.15) is 0 Å². The molecule has 4 N–H and O–H groups in total. The first-order valence-corrected chi connectivity index (χ1v) is 5.35. The lowest BCUT2D eigenvalue weighted by Crippen LogP contribution is -2.45. The first kappa shape index (κ1) is 11.0. The summed E-state index contributed by atoms with van der Waals surface area (Å²) in [5, 5.41) is 0. The smallest absolute Gasteiger partial charge is 0.0192 e. The first-order valence-electron chi connectivity index (χ1n) is 5.35. The fraction of sp³-hybridized carbons (Fsp3) is 1.00. The van der Waals surface area contributed by atoms with Crippen LogP contribution in [0.15, 0.2) is 0 Å². The molecule has 0 aromatic rings. The lowest BCUT2D eigenvalue weighted by molar-refractivity contribution is 0.139. The van der Waals surface area contributed by atoms with Crippen LogP contribution in [0.5, 0.6) is 0 Å². The van der Waals surface area contributed by atoms with E-state index in [0.717, 1.165) is 0 Å². The molecule has 1 fully saturated rings. The summed E-state index contributed by atoms with van der Waals surface area (Å²) < 4.78 is 0. The maximum atomic E-state index is 5.93. The Bertz CT molecular complexity index is 139. The van der Waals surface area contributed by atoms with E-state index in [9.17, 15) is 0 Å². The molecule has 0 amide bonds. The predicted molar refractivity (Wildman–Crippen MR) is 56.5 cm³/mol. The van der Waals surface area contributed by atoms with E-state index in [0.29, 0.717) is 18.5 Å². The number of nitrogens with zero attached hydrogens (tertiary/aromatic N) is 1. The van der Waals surface area contributed by atoms with E-state index in [1.54, 1.807) is 0 Å². The molecule has 1 aliphatic rings. The quantitative estimate of drug-likeness (QED) is 0.669. The van der Waals surface area contributed by atoms with Crippen molar-refractivity contribution >= 4 is 0 Å². The minimum Gasteiger partial charge on any atom is -0.329 e. The van der Waals surface area contributed by atoms with E-state index in [2.05, 4.69) is 18.7 Å². The minimum atomic E-state index is 0.217. The first-order chi connectivity index (χ1) is 6.15. The molecule has 1 saturated heterocycles. The van der Waals surface area contributed by atoms with E-state index < -0.39 is 0 Å². The largest absolute Gasteiger partial charge is 0.329 e. The van der Waals surface area contributed by atoms with Gasteiger partial charge in [-0.1, -0.05) is 0 Å². The molecule has 78 valence electrons. The zero-order valence-electron chi connectivity index (χ0n) is 8.87. The van der Waals surface area contributed by atoms with Gasteiger partial charge in [0, 0.05) is 18.6 Å². The second kappa shape index (κ2) is 4.94. The highest BCUT2D eigenvalue weighted by molar-refractivity contribution is 4.81. The van der Waals surface area contributed by atoms with Crippen LogP contribution in [0.1, 0.15) is 26.7 Å². The van der Waals surface area contributed by atoms with Crippen LogP contribution in [0.3, 0.4) is 0 Å². The summed E-state index contributed by atoms with van der Waals surface area (Å²) in [5.74, 6) is 0.653. The average molecular weight is 185 g/mol. The number of likely N-dealkylation sites (tertiary alicyclic amines) is 1. The molecule has 1 heterocycles. The van der Waals surface area contributed by atoms with Gasteiger partial charge >= 0.3 is 0 Å². The van der Waals surface area contributed by atoms with Crippen molar-refractivity contribution < 1.29 is 0 Å². The van der Waals surface area contributed by atoms with Crippen molar-refractivity contribution in [1.29, 1.82) is 0 Å². The van der Waals surface area contributed by atoms with Crippen LogP contribution in [0, 0.1) is 5.92 Å². The number of rotatable bonds is 3. The summed E-state index contributed by atoms with van der Waals surface area (Å²) in [4.78, 5) is 2.51. The lowest BCUT2D eigenvalue weighted by atomic mass is 9.89. The summed E-state index contributed by atoms with van der Waals surface area (Å²) in [5.41, 5.74) is 11.5. The van der Waals surface area contributed by atoms with Crippen molar-refractivity contribution in [2.24, 2.45) is 17.4 Å². The van der Waals surface area contributed by atoms with Crippen molar-refractivity contribution in [2.75, 3.05) is 19.6 Å². The van der Waals surface area contributed by atoms with Crippen LogP contribution < -0.4 is 11.5 Å². The Balaban J connectivity index is 2.30. The Labute approximate surface area is 81.5 Å². The highest BCUT2D eigenvalue weighted by Crippen LogP contribution is 2.20. The third-order valence-electron chi connectivity index (χ3n) is 3.18. The van der Waals surface area contributed by atoms with Gasteiger partial charge in [0.25, 0.3) is 0 Å². The summed E-state index contributed by atoms with van der Waals surface area (Å²) in [6.45, 7) is 7.52. The Morgan fingerprint density at radius 1 is 1.31 bits per heavy atom. The molecule has 0 aromatic heterocycles. The van der Waals surface area contributed by atoms with Gasteiger partial charge < -0.3 is 16.4 Å². The maximum absolute atomic E-state index is 5.93. The van der Waals surface area contributed by atoms with Gasteiger partial charge in [0.15, 0.2) is 0 Å². The third kappa shape index (κ3) is 2.93. The van der Waals surface area contributed by atoms with Crippen LogP contribution in [0.2, 0.25) is 0 Å². The van der Waals surface area contributed by atoms with Gasteiger partial charge in [-0.05, 0) is 45.7 Å². The molecule has 0 spiro atoms. The Morgan fingerprint density at radius 3 is 2.23 bits per heavy atom. The zero-order chi connectivity index (χ0) is 9.84. The second-order valence-electron chi connectivity index (χ2n) is 4.37. The van der Waals surface area contributed by atoms with Gasteiger partial charge in [-0.3, -0.25) is 0 Å². The van der Waals surface area contributed by atoms with Gasteiger partial charge in [-0.25, -0.2) is 0 Å². The Hall–Kier alpha value is -0.120. The molecule has 1 atom stereocenters. The van der Waals surface area contributed by atoms with Crippen LogP contribution in [-0.2, 0) is 0 Å². The summed E-state index contributed by atoms with van der Waals surface area (Å²) >= 11 is 0. The number of hydrogen-bond donors (Lipinski definition) is 2. The van der Waals surface area contributed by atoms with Crippen LogP contribution >= 0.6 is 0 Å². The molecule has 1 unspecified atom stereocenters. The standard InChI is InChI=1S/C10H23N3/c1-8(2)13-5-3-9(4-6-13)10(12)7-11/h8-10H,3-7,11-12H2,1-2H3. The summed E-state index contributed by atoms with van der Waals surface area (Å²) in [6, 6.07) is 0.893. The molecule has 0 radical (unpaired) electrons. The Kier molecular flexibility index (Phi) is 4.16. The van der Waals surface area contributed by atoms with Crippen LogP contribution in [-0.4, -0.2) is 36.6 Å². The molecule has 0 saturated carbocycles. The van der Waals surface area contributed by atoms with Crippen molar-refractivity contribution in [3.8, 4) is 0 Å². The predicted octanol–water partition coefficient (Wildman–Crippen LogP) is 0.393. The van der Waals surface area contributed by atoms with Gasteiger partial charge in [0.1, 0.15) is 0 Å². The molecule has 13 heavy (non-hydrogen) atoms. The lowest BCUT2D eigenvalue weighted by Gasteiger charge is -2.36. The molecule has 3 nitrogen and oxygen atoms in total. The number of piperidine rings is 1. The molecule has 0 bridgehead atoms. The molecule has 1 aliphatic heterocycles. The third-order valence-corrected chi connectivity index (χ3v) is 3.18. The topological polar surface area (TPSA) is 55.3 Å². The van der Waals surface area contributed by atoms with E-state index in [1.807, 2.05) is 0 Å². The van der Waals surface area contributed by atoms with Crippen LogP contribution in [0.4, 0.5) is 0 Å².